The summed E-state index contributed by atoms with van der Waals surface area (Å²) in [6.45, 7) is 1.55. The number of benzene rings is 2. The van der Waals surface area contributed by atoms with Crippen molar-refractivity contribution in [3.05, 3.63) is 66.5 Å². The van der Waals surface area contributed by atoms with Gasteiger partial charge in [-0.3, -0.25) is 9.48 Å². The molecule has 4 rings (SSSR count). The van der Waals surface area contributed by atoms with Gasteiger partial charge in [-0.1, -0.05) is 24.3 Å². The molecule has 2 heterocycles. The summed E-state index contributed by atoms with van der Waals surface area (Å²) < 4.78 is 1.84. The van der Waals surface area contributed by atoms with Crippen LogP contribution in [0.2, 0.25) is 0 Å². The summed E-state index contributed by atoms with van der Waals surface area (Å²) >= 11 is 0. The van der Waals surface area contributed by atoms with Crippen molar-refractivity contribution in [1.82, 2.24) is 19.7 Å². The van der Waals surface area contributed by atoms with Crippen molar-refractivity contribution >= 4 is 28.2 Å². The molecule has 0 fully saturated rings. The van der Waals surface area contributed by atoms with Crippen molar-refractivity contribution < 1.29 is 4.79 Å². The second-order valence-corrected chi connectivity index (χ2v) is 6.07. The minimum Gasteiger partial charge on any atom is -0.340 e. The summed E-state index contributed by atoms with van der Waals surface area (Å²) in [6, 6.07) is 15.2. The molecule has 0 saturated carbocycles. The molecule has 0 unspecified atom stereocenters. The zero-order chi connectivity index (χ0) is 18.1. The first-order chi connectivity index (χ1) is 12.6. The third-order valence-corrected chi connectivity index (χ3v) is 4.22. The number of aryl methyl sites for hydroxylation is 1. The highest BCUT2D eigenvalue weighted by molar-refractivity contribution is 5.94. The lowest BCUT2D eigenvalue weighted by Gasteiger charge is -2.08. The van der Waals surface area contributed by atoms with Crippen LogP contribution < -0.4 is 5.32 Å². The van der Waals surface area contributed by atoms with E-state index in [0.29, 0.717) is 17.2 Å². The number of aromatic nitrogens is 4. The molecule has 0 spiro atoms. The highest BCUT2D eigenvalue weighted by Crippen LogP contribution is 2.23. The maximum absolute atomic E-state index is 11.4. The van der Waals surface area contributed by atoms with E-state index in [9.17, 15) is 4.79 Å². The smallest absolute Gasteiger partial charge is 0.161 e. The Bertz CT molecular complexity index is 1100. The van der Waals surface area contributed by atoms with Crippen molar-refractivity contribution in [3.63, 3.8) is 0 Å². The van der Waals surface area contributed by atoms with Crippen LogP contribution in [0.5, 0.6) is 0 Å². The third kappa shape index (κ3) is 3.04. The Balaban J connectivity index is 1.61. The Morgan fingerprint density at radius 1 is 1.08 bits per heavy atom. The average molecular weight is 343 g/mol. The number of hydrogen-bond acceptors (Lipinski definition) is 5. The molecule has 1 N–H and O–H groups in total. The maximum Gasteiger partial charge on any atom is 0.161 e. The van der Waals surface area contributed by atoms with E-state index in [2.05, 4.69) is 20.4 Å². The van der Waals surface area contributed by atoms with Gasteiger partial charge in [0.15, 0.2) is 11.6 Å². The number of nitrogens with zero attached hydrogens (tertiary/aromatic N) is 4. The third-order valence-electron chi connectivity index (χ3n) is 4.22. The molecule has 0 saturated heterocycles. The zero-order valence-electron chi connectivity index (χ0n) is 14.5. The van der Waals surface area contributed by atoms with E-state index in [4.69, 9.17) is 0 Å². The molecule has 0 bridgehead atoms. The summed E-state index contributed by atoms with van der Waals surface area (Å²) in [5.74, 6) is 1.35. The molecule has 128 valence electrons. The van der Waals surface area contributed by atoms with E-state index in [1.807, 2.05) is 54.3 Å². The molecule has 0 aliphatic heterocycles. The second kappa shape index (κ2) is 6.40. The van der Waals surface area contributed by atoms with Crippen LogP contribution in [0.25, 0.3) is 22.3 Å². The quantitative estimate of drug-likeness (QED) is 0.568. The van der Waals surface area contributed by atoms with E-state index >= 15 is 0 Å². The SMILES string of the molecule is CC(=O)c1ccc(-c2nccc(Nc3ccc4c(cnn4C)c3)n2)cc1. The Morgan fingerprint density at radius 2 is 1.88 bits per heavy atom. The number of fused-ring (bicyclic) bond motifs is 1. The lowest BCUT2D eigenvalue weighted by atomic mass is 10.1. The molecule has 2 aromatic carbocycles. The molecule has 26 heavy (non-hydrogen) atoms. The fourth-order valence-electron chi connectivity index (χ4n) is 2.81. The predicted octanol–water partition coefficient (Wildman–Crippen LogP) is 3.98. The summed E-state index contributed by atoms with van der Waals surface area (Å²) in [4.78, 5) is 20.3. The van der Waals surface area contributed by atoms with Crippen LogP contribution in [0.4, 0.5) is 11.5 Å². The number of hydrogen-bond donors (Lipinski definition) is 1. The van der Waals surface area contributed by atoms with Crippen molar-refractivity contribution in [2.24, 2.45) is 7.05 Å². The van der Waals surface area contributed by atoms with Crippen LogP contribution in [0.15, 0.2) is 60.9 Å². The summed E-state index contributed by atoms with van der Waals surface area (Å²) in [5, 5.41) is 8.62. The van der Waals surface area contributed by atoms with Crippen LogP contribution in [0, 0.1) is 0 Å². The fraction of sp³-hybridized carbons (Fsp3) is 0.100. The highest BCUT2D eigenvalue weighted by Gasteiger charge is 2.06. The molecule has 0 aliphatic rings. The maximum atomic E-state index is 11.4. The number of nitrogens with one attached hydrogen (secondary N) is 1. The van der Waals surface area contributed by atoms with Gasteiger partial charge in [-0.15, -0.1) is 0 Å². The molecule has 0 atom stereocenters. The van der Waals surface area contributed by atoms with Gasteiger partial charge in [-0.2, -0.15) is 5.10 Å². The Morgan fingerprint density at radius 3 is 2.65 bits per heavy atom. The van der Waals surface area contributed by atoms with E-state index < -0.39 is 0 Å². The number of rotatable bonds is 4. The van der Waals surface area contributed by atoms with Crippen molar-refractivity contribution in [2.75, 3.05) is 5.32 Å². The number of carbonyl (C=O) groups excluding carboxylic acids is 1. The minimum absolute atomic E-state index is 0.0404. The Hall–Kier alpha value is -3.54. The van der Waals surface area contributed by atoms with Crippen molar-refractivity contribution in [1.29, 1.82) is 0 Å². The number of carbonyl (C=O) groups is 1. The second-order valence-electron chi connectivity index (χ2n) is 6.07. The molecule has 6 heteroatoms. The molecular formula is C20H17N5O. The van der Waals surface area contributed by atoms with Crippen LogP contribution in [0.3, 0.4) is 0 Å². The first-order valence-corrected chi connectivity index (χ1v) is 8.23. The van der Waals surface area contributed by atoms with Crippen molar-refractivity contribution in [2.45, 2.75) is 6.92 Å². The summed E-state index contributed by atoms with van der Waals surface area (Å²) in [6.07, 6.45) is 3.55. The topological polar surface area (TPSA) is 72.7 Å². The van der Waals surface area contributed by atoms with Crippen molar-refractivity contribution in [3.8, 4) is 11.4 Å². The first-order valence-electron chi connectivity index (χ1n) is 8.23. The summed E-state index contributed by atoms with van der Waals surface area (Å²) in [5.41, 5.74) is 3.54. The van der Waals surface area contributed by atoms with Gasteiger partial charge in [0, 0.05) is 35.4 Å². The molecule has 4 aromatic rings. The highest BCUT2D eigenvalue weighted by atomic mass is 16.1. The lowest BCUT2D eigenvalue weighted by molar-refractivity contribution is 0.101. The molecule has 0 amide bonds. The van der Waals surface area contributed by atoms with Gasteiger partial charge in [0.1, 0.15) is 5.82 Å². The van der Waals surface area contributed by atoms with Gasteiger partial charge in [0.2, 0.25) is 0 Å². The predicted molar refractivity (Wildman–Crippen MR) is 101 cm³/mol. The first kappa shape index (κ1) is 16.0. The Labute approximate surface area is 150 Å². The molecular weight excluding hydrogens is 326 g/mol. The van der Waals surface area contributed by atoms with E-state index in [1.165, 1.54) is 0 Å². The molecule has 0 aliphatic carbocycles. The number of ketones is 1. The largest absolute Gasteiger partial charge is 0.340 e. The van der Waals surface area contributed by atoms with E-state index in [-0.39, 0.29) is 5.78 Å². The summed E-state index contributed by atoms with van der Waals surface area (Å²) in [7, 11) is 1.92. The van der Waals surface area contributed by atoms with Crippen LogP contribution in [-0.4, -0.2) is 25.5 Å². The lowest BCUT2D eigenvalue weighted by Crippen LogP contribution is -1.97. The van der Waals surface area contributed by atoms with Crippen LogP contribution >= 0.6 is 0 Å². The van der Waals surface area contributed by atoms with Gasteiger partial charge in [-0.05, 0) is 31.2 Å². The average Bonchev–Trinajstić information content (AvgIpc) is 3.02. The number of anilines is 2. The van der Waals surface area contributed by atoms with Gasteiger partial charge in [0.25, 0.3) is 0 Å². The van der Waals surface area contributed by atoms with E-state index in [0.717, 1.165) is 22.2 Å². The van der Waals surface area contributed by atoms with Gasteiger partial charge in [-0.25, -0.2) is 9.97 Å². The van der Waals surface area contributed by atoms with Crippen LogP contribution in [0.1, 0.15) is 17.3 Å². The molecule has 2 aromatic heterocycles. The molecule has 6 nitrogen and oxygen atoms in total. The zero-order valence-corrected chi connectivity index (χ0v) is 14.5. The fourth-order valence-corrected chi connectivity index (χ4v) is 2.81. The standard InChI is InChI=1S/C20H17N5O/c1-13(26)14-3-5-15(6-4-14)20-21-10-9-19(24-20)23-17-7-8-18-16(11-17)12-22-25(18)2/h3-12H,1-2H3,(H,21,23,24). The van der Waals surface area contributed by atoms with Gasteiger partial charge >= 0.3 is 0 Å². The Kier molecular flexibility index (Phi) is 3.93. The molecule has 0 radical (unpaired) electrons. The van der Waals surface area contributed by atoms with Gasteiger partial charge in [0.05, 0.1) is 11.7 Å². The minimum atomic E-state index is 0.0404. The number of Topliss-reactive ketones (excluding diaryl/α,β-unsaturated/α-hetero) is 1. The monoisotopic (exact) mass is 343 g/mol. The van der Waals surface area contributed by atoms with Gasteiger partial charge < -0.3 is 5.32 Å². The normalized spacial score (nSPS) is 10.8. The van der Waals surface area contributed by atoms with E-state index in [1.54, 1.807) is 25.3 Å². The van der Waals surface area contributed by atoms with Crippen LogP contribution in [-0.2, 0) is 7.05 Å².